The lowest BCUT2D eigenvalue weighted by Gasteiger charge is -2.27. The van der Waals surface area contributed by atoms with Gasteiger partial charge >= 0.3 is 0 Å². The van der Waals surface area contributed by atoms with Crippen LogP contribution in [0.3, 0.4) is 0 Å². The predicted molar refractivity (Wildman–Crippen MR) is 127 cm³/mol. The zero-order chi connectivity index (χ0) is 24.6. The SMILES string of the molecule is COc1cccc(C2/C(=C(\O)c3cccc([N+](=O)[O-])c3)C(=O)C(=O)N2c2cccc(C)c2C)c1. The highest BCUT2D eigenvalue weighted by atomic mass is 16.6. The molecule has 8 heteroatoms. The quantitative estimate of drug-likeness (QED) is 0.192. The van der Waals surface area contributed by atoms with Crippen LogP contribution in [0.5, 0.6) is 5.75 Å². The summed E-state index contributed by atoms with van der Waals surface area (Å²) in [6, 6.07) is 16.7. The lowest BCUT2D eigenvalue weighted by molar-refractivity contribution is -0.384. The maximum Gasteiger partial charge on any atom is 0.300 e. The molecule has 3 aromatic carbocycles. The van der Waals surface area contributed by atoms with Crippen molar-refractivity contribution in [3.05, 3.63) is 105 Å². The minimum Gasteiger partial charge on any atom is -0.507 e. The molecular formula is C26H22N2O6. The van der Waals surface area contributed by atoms with Gasteiger partial charge in [-0.3, -0.25) is 24.6 Å². The topological polar surface area (TPSA) is 110 Å². The molecule has 0 aliphatic carbocycles. The molecule has 34 heavy (non-hydrogen) atoms. The van der Waals surface area contributed by atoms with Crippen LogP contribution >= 0.6 is 0 Å². The van der Waals surface area contributed by atoms with E-state index in [9.17, 15) is 24.8 Å². The Labute approximate surface area is 195 Å². The number of amides is 1. The fourth-order valence-corrected chi connectivity index (χ4v) is 4.13. The number of aliphatic hydroxyl groups is 1. The Balaban J connectivity index is 2.00. The van der Waals surface area contributed by atoms with Gasteiger partial charge in [-0.15, -0.1) is 0 Å². The number of non-ortho nitro benzene ring substituents is 1. The van der Waals surface area contributed by atoms with Gasteiger partial charge in [-0.2, -0.15) is 0 Å². The first-order chi connectivity index (χ1) is 16.2. The van der Waals surface area contributed by atoms with E-state index in [0.717, 1.165) is 11.1 Å². The Morgan fingerprint density at radius 2 is 1.74 bits per heavy atom. The van der Waals surface area contributed by atoms with Crippen LogP contribution in [0, 0.1) is 24.0 Å². The third-order valence-corrected chi connectivity index (χ3v) is 6.02. The second-order valence-electron chi connectivity index (χ2n) is 7.97. The normalized spacial score (nSPS) is 17.1. The lowest BCUT2D eigenvalue weighted by atomic mass is 9.94. The fraction of sp³-hybridized carbons (Fsp3) is 0.154. The van der Waals surface area contributed by atoms with E-state index in [0.29, 0.717) is 17.0 Å². The molecule has 8 nitrogen and oxygen atoms in total. The number of carbonyl (C=O) groups is 2. The maximum absolute atomic E-state index is 13.3. The van der Waals surface area contributed by atoms with Crippen molar-refractivity contribution in [1.82, 2.24) is 0 Å². The molecule has 1 unspecified atom stereocenters. The van der Waals surface area contributed by atoms with Crippen LogP contribution in [0.1, 0.15) is 28.3 Å². The fourth-order valence-electron chi connectivity index (χ4n) is 4.13. The Kier molecular flexibility index (Phi) is 5.89. The van der Waals surface area contributed by atoms with Crippen LogP contribution in [0.2, 0.25) is 0 Å². The summed E-state index contributed by atoms with van der Waals surface area (Å²) in [4.78, 5) is 38.6. The van der Waals surface area contributed by atoms with Gasteiger partial charge in [-0.25, -0.2) is 0 Å². The van der Waals surface area contributed by atoms with Crippen molar-refractivity contribution in [2.24, 2.45) is 0 Å². The molecule has 1 aliphatic rings. The number of ether oxygens (including phenoxy) is 1. The van der Waals surface area contributed by atoms with Crippen molar-refractivity contribution in [2.45, 2.75) is 19.9 Å². The third-order valence-electron chi connectivity index (χ3n) is 6.02. The molecule has 1 saturated heterocycles. The highest BCUT2D eigenvalue weighted by molar-refractivity contribution is 6.51. The smallest absolute Gasteiger partial charge is 0.300 e. The van der Waals surface area contributed by atoms with Gasteiger partial charge < -0.3 is 9.84 Å². The number of rotatable bonds is 5. The van der Waals surface area contributed by atoms with Crippen molar-refractivity contribution in [3.63, 3.8) is 0 Å². The van der Waals surface area contributed by atoms with Gasteiger partial charge in [0.1, 0.15) is 11.5 Å². The molecule has 1 atom stereocenters. The monoisotopic (exact) mass is 458 g/mol. The van der Waals surface area contributed by atoms with E-state index in [1.807, 2.05) is 19.9 Å². The molecule has 172 valence electrons. The maximum atomic E-state index is 13.3. The summed E-state index contributed by atoms with van der Waals surface area (Å²) < 4.78 is 5.33. The number of nitrogens with zero attached hydrogens (tertiary/aromatic N) is 2. The van der Waals surface area contributed by atoms with E-state index >= 15 is 0 Å². The molecule has 1 N–H and O–H groups in total. The number of carbonyl (C=O) groups excluding carboxylic acids is 2. The second-order valence-corrected chi connectivity index (χ2v) is 7.97. The summed E-state index contributed by atoms with van der Waals surface area (Å²) in [6.45, 7) is 3.76. The standard InChI is InChI=1S/C26H22N2O6/c1-15-7-4-12-21(16(15)2)27-23(17-8-6-11-20(14-17)34-3)22(25(30)26(27)31)24(29)18-9-5-10-19(13-18)28(32)33/h4-14,23,29H,1-3H3/b24-22+. The van der Waals surface area contributed by atoms with E-state index in [-0.39, 0.29) is 16.8 Å². The lowest BCUT2D eigenvalue weighted by Crippen LogP contribution is -2.30. The van der Waals surface area contributed by atoms with E-state index in [2.05, 4.69) is 0 Å². The van der Waals surface area contributed by atoms with Crippen LogP contribution in [0.4, 0.5) is 11.4 Å². The summed E-state index contributed by atoms with van der Waals surface area (Å²) in [6.07, 6.45) is 0. The van der Waals surface area contributed by atoms with Gasteiger partial charge in [0.15, 0.2) is 0 Å². The minimum atomic E-state index is -0.963. The molecule has 1 fully saturated rings. The first-order valence-electron chi connectivity index (χ1n) is 10.5. The Hall–Kier alpha value is -4.46. The molecule has 0 radical (unpaired) electrons. The minimum absolute atomic E-state index is 0.0704. The van der Waals surface area contributed by atoms with Crippen LogP contribution in [-0.2, 0) is 9.59 Å². The van der Waals surface area contributed by atoms with Crippen molar-refractivity contribution in [1.29, 1.82) is 0 Å². The molecule has 1 aliphatic heterocycles. The zero-order valence-electron chi connectivity index (χ0n) is 18.8. The van der Waals surface area contributed by atoms with Gasteiger partial charge in [0.05, 0.1) is 23.6 Å². The van der Waals surface area contributed by atoms with Gasteiger partial charge in [0, 0.05) is 23.4 Å². The molecule has 0 bridgehead atoms. The number of anilines is 1. The number of aliphatic hydroxyl groups excluding tert-OH is 1. The molecule has 4 rings (SSSR count). The van der Waals surface area contributed by atoms with E-state index in [4.69, 9.17) is 4.74 Å². The summed E-state index contributed by atoms with van der Waals surface area (Å²) in [5, 5.41) is 22.4. The third kappa shape index (κ3) is 3.79. The van der Waals surface area contributed by atoms with Crippen molar-refractivity contribution < 1.29 is 24.4 Å². The summed E-state index contributed by atoms with van der Waals surface area (Å²) in [5.41, 5.74) is 2.50. The molecule has 3 aromatic rings. The number of nitro groups is 1. The largest absolute Gasteiger partial charge is 0.507 e. The number of methoxy groups -OCH3 is 1. The Morgan fingerprint density at radius 3 is 2.44 bits per heavy atom. The van der Waals surface area contributed by atoms with Crippen LogP contribution in [-0.4, -0.2) is 28.8 Å². The Bertz CT molecular complexity index is 1360. The molecule has 0 saturated carbocycles. The summed E-state index contributed by atoms with van der Waals surface area (Å²) in [5.74, 6) is -1.65. The predicted octanol–water partition coefficient (Wildman–Crippen LogP) is 4.85. The highest BCUT2D eigenvalue weighted by Gasteiger charge is 2.47. The number of benzene rings is 3. The average molecular weight is 458 g/mol. The summed E-state index contributed by atoms with van der Waals surface area (Å²) >= 11 is 0. The molecule has 0 spiro atoms. The van der Waals surface area contributed by atoms with E-state index < -0.39 is 28.4 Å². The molecule has 1 amide bonds. The van der Waals surface area contributed by atoms with Gasteiger partial charge in [0.2, 0.25) is 0 Å². The first-order valence-corrected chi connectivity index (χ1v) is 10.5. The zero-order valence-corrected chi connectivity index (χ0v) is 18.8. The number of hydrogen-bond acceptors (Lipinski definition) is 6. The van der Waals surface area contributed by atoms with Gasteiger partial charge in [-0.1, -0.05) is 36.4 Å². The van der Waals surface area contributed by atoms with Crippen LogP contribution in [0.25, 0.3) is 5.76 Å². The van der Waals surface area contributed by atoms with Crippen molar-refractivity contribution >= 4 is 28.8 Å². The molecule has 1 heterocycles. The number of aryl methyl sites for hydroxylation is 1. The van der Waals surface area contributed by atoms with E-state index in [1.54, 1.807) is 36.4 Å². The number of ketones is 1. The summed E-state index contributed by atoms with van der Waals surface area (Å²) in [7, 11) is 1.50. The van der Waals surface area contributed by atoms with Crippen LogP contribution in [0.15, 0.2) is 72.3 Å². The number of Topliss-reactive ketones (excluding diaryl/α,β-unsaturated/α-hetero) is 1. The average Bonchev–Trinajstić information content (AvgIpc) is 3.10. The highest BCUT2D eigenvalue weighted by Crippen LogP contribution is 2.44. The van der Waals surface area contributed by atoms with Crippen molar-refractivity contribution in [3.8, 4) is 5.75 Å². The van der Waals surface area contributed by atoms with Crippen molar-refractivity contribution in [2.75, 3.05) is 12.0 Å². The van der Waals surface area contributed by atoms with Gasteiger partial charge in [-0.05, 0) is 48.7 Å². The molecular weight excluding hydrogens is 436 g/mol. The number of nitro benzene ring substituents is 1. The Morgan fingerprint density at radius 1 is 1.03 bits per heavy atom. The first kappa shape index (κ1) is 22.7. The second kappa shape index (κ2) is 8.82. The molecule has 0 aromatic heterocycles. The van der Waals surface area contributed by atoms with Gasteiger partial charge in [0.25, 0.3) is 17.4 Å². The number of hydrogen-bond donors (Lipinski definition) is 1. The van der Waals surface area contributed by atoms with E-state index in [1.165, 1.54) is 36.3 Å². The van der Waals surface area contributed by atoms with Crippen LogP contribution < -0.4 is 9.64 Å².